The molecule has 0 aliphatic heterocycles. The first-order chi connectivity index (χ1) is 17.4. The van der Waals surface area contributed by atoms with Crippen LogP contribution in [0.4, 0.5) is 0 Å². The molecule has 0 aliphatic rings. The lowest BCUT2D eigenvalue weighted by Crippen LogP contribution is -2.60. The normalized spacial score (nSPS) is 11.0. The van der Waals surface area contributed by atoms with Crippen LogP contribution in [0.3, 0.4) is 0 Å². The predicted octanol–water partition coefficient (Wildman–Crippen LogP) is 7.60. The fourth-order valence-corrected chi connectivity index (χ4v) is 5.90. The van der Waals surface area contributed by atoms with Gasteiger partial charge in [0.25, 0.3) is 0 Å². The molecule has 0 heterocycles. The van der Waals surface area contributed by atoms with Gasteiger partial charge in [-0.3, -0.25) is 0 Å². The number of benzene rings is 4. The average molecular weight is 519 g/mol. The Kier molecular flexibility index (Phi) is 10.2. The highest BCUT2D eigenvalue weighted by Crippen LogP contribution is 2.26. The molecule has 0 saturated carbocycles. The third-order valence-corrected chi connectivity index (χ3v) is 7.62. The second kappa shape index (κ2) is 13.5. The van der Waals surface area contributed by atoms with Gasteiger partial charge in [0, 0.05) is 6.61 Å². The Morgan fingerprint density at radius 1 is 0.444 bits per heavy atom. The van der Waals surface area contributed by atoms with E-state index in [0.29, 0.717) is 23.0 Å². The van der Waals surface area contributed by atoms with Gasteiger partial charge in [-0.1, -0.05) is 72.8 Å². The van der Waals surface area contributed by atoms with Gasteiger partial charge in [0.15, 0.2) is 8.32 Å². The van der Waals surface area contributed by atoms with E-state index in [1.165, 1.54) is 0 Å². The van der Waals surface area contributed by atoms with Gasteiger partial charge < -0.3 is 22.1 Å². The van der Waals surface area contributed by atoms with E-state index in [1.54, 1.807) is 0 Å². The van der Waals surface area contributed by atoms with Crippen molar-refractivity contribution < 1.29 is 22.1 Å². The number of hydrogen-bond acceptors (Lipinski definition) is 5. The molecular weight excluding hydrogens is 484 g/mol. The van der Waals surface area contributed by atoms with Gasteiger partial charge in [0.05, 0.1) is 0 Å². The molecule has 0 fully saturated rings. The van der Waals surface area contributed by atoms with E-state index in [1.807, 2.05) is 128 Å². The summed E-state index contributed by atoms with van der Waals surface area (Å²) in [6.45, 7) is 9.48. The Labute approximate surface area is 216 Å². The standard InChI is InChI=1S/C24H20O4Si.C5H14OSi/c1-5-13-21(14-6-1)25-29(26-22-15-7-2-8-16-22,27-23-17-9-3-10-18-23)28-24-19-11-4-12-20-24;1-5-6-7(2,3)4/h1-20H;5H2,1-4H3. The van der Waals surface area contributed by atoms with Gasteiger partial charge in [-0.2, -0.15) is 0 Å². The second-order valence-electron chi connectivity index (χ2n) is 8.71. The monoisotopic (exact) mass is 518 g/mol. The molecule has 0 atom stereocenters. The molecule has 5 nitrogen and oxygen atoms in total. The lowest BCUT2D eigenvalue weighted by atomic mass is 10.3. The van der Waals surface area contributed by atoms with Crippen LogP contribution in [0.1, 0.15) is 6.92 Å². The Morgan fingerprint density at radius 2 is 0.694 bits per heavy atom. The summed E-state index contributed by atoms with van der Waals surface area (Å²) >= 11 is 0. The smallest absolute Gasteiger partial charge is 0.452 e. The minimum absolute atomic E-state index is 0.599. The summed E-state index contributed by atoms with van der Waals surface area (Å²) in [4.78, 5) is 0. The minimum Gasteiger partial charge on any atom is -0.452 e. The van der Waals surface area contributed by atoms with Crippen LogP contribution in [0.5, 0.6) is 23.0 Å². The van der Waals surface area contributed by atoms with Gasteiger partial charge in [-0.25, -0.2) is 0 Å². The molecule has 0 N–H and O–H groups in total. The third-order valence-electron chi connectivity index (χ3n) is 4.52. The molecule has 0 bridgehead atoms. The summed E-state index contributed by atoms with van der Waals surface area (Å²) in [6.07, 6.45) is 0. The van der Waals surface area contributed by atoms with E-state index in [0.717, 1.165) is 6.61 Å². The highest BCUT2D eigenvalue weighted by atomic mass is 28.4. The van der Waals surface area contributed by atoms with E-state index in [2.05, 4.69) is 19.6 Å². The van der Waals surface area contributed by atoms with Crippen molar-refractivity contribution in [3.8, 4) is 23.0 Å². The van der Waals surface area contributed by atoms with E-state index in [9.17, 15) is 0 Å². The van der Waals surface area contributed by atoms with Crippen molar-refractivity contribution in [3.63, 3.8) is 0 Å². The fraction of sp³-hybridized carbons (Fsp3) is 0.172. The van der Waals surface area contributed by atoms with Gasteiger partial charge >= 0.3 is 9.05 Å². The summed E-state index contributed by atoms with van der Waals surface area (Å²) in [6, 6.07) is 37.6. The molecule has 0 unspecified atom stereocenters. The van der Waals surface area contributed by atoms with Crippen LogP contribution in [-0.4, -0.2) is 24.0 Å². The lowest BCUT2D eigenvalue weighted by molar-refractivity contribution is 0.161. The Balaban J connectivity index is 0.000000454. The first-order valence-electron chi connectivity index (χ1n) is 12.0. The summed E-state index contributed by atoms with van der Waals surface area (Å²) in [5.41, 5.74) is 0. The SMILES string of the molecule is CCO[Si](C)(C)C.c1ccc(O[Si](Oc2ccccc2)(Oc2ccccc2)Oc2ccccc2)cc1. The van der Waals surface area contributed by atoms with Crippen molar-refractivity contribution in [2.75, 3.05) is 6.61 Å². The van der Waals surface area contributed by atoms with Crippen LogP contribution in [0.15, 0.2) is 121 Å². The van der Waals surface area contributed by atoms with Crippen molar-refractivity contribution in [3.05, 3.63) is 121 Å². The van der Waals surface area contributed by atoms with Crippen molar-refractivity contribution in [2.24, 2.45) is 0 Å². The summed E-state index contributed by atoms with van der Waals surface area (Å²) in [5.74, 6) is 2.40. The minimum atomic E-state index is -3.76. The zero-order valence-electron chi connectivity index (χ0n) is 21.3. The molecule has 188 valence electrons. The molecule has 0 aliphatic carbocycles. The summed E-state index contributed by atoms with van der Waals surface area (Å²) in [5, 5.41) is 0. The Bertz CT molecular complexity index is 950. The first kappa shape index (κ1) is 27.1. The lowest BCUT2D eigenvalue weighted by Gasteiger charge is -2.28. The van der Waals surface area contributed by atoms with Crippen molar-refractivity contribution in [1.82, 2.24) is 0 Å². The molecule has 7 heteroatoms. The van der Waals surface area contributed by atoms with E-state index < -0.39 is 17.4 Å². The molecule has 0 saturated heterocycles. The maximum Gasteiger partial charge on any atom is 0.966 e. The fourth-order valence-electron chi connectivity index (χ4n) is 3.09. The van der Waals surface area contributed by atoms with E-state index in [-0.39, 0.29) is 0 Å². The Morgan fingerprint density at radius 3 is 0.861 bits per heavy atom. The van der Waals surface area contributed by atoms with Gasteiger partial charge in [-0.15, -0.1) is 0 Å². The summed E-state index contributed by atoms with van der Waals surface area (Å²) < 4.78 is 30.5. The molecule has 36 heavy (non-hydrogen) atoms. The first-order valence-corrected chi connectivity index (χ1v) is 17.0. The predicted molar refractivity (Wildman–Crippen MR) is 149 cm³/mol. The van der Waals surface area contributed by atoms with Crippen LogP contribution in [0.25, 0.3) is 0 Å². The molecule has 0 spiro atoms. The second-order valence-corrected chi connectivity index (χ2v) is 15.0. The number of hydrogen-bond donors (Lipinski definition) is 0. The average Bonchev–Trinajstić information content (AvgIpc) is 2.86. The van der Waals surface area contributed by atoms with Crippen molar-refractivity contribution >= 4 is 17.4 Å². The highest BCUT2D eigenvalue weighted by molar-refractivity contribution is 6.69. The molecular formula is C29H34O5Si2. The quantitative estimate of drug-likeness (QED) is 0.202. The maximum absolute atomic E-state index is 6.29. The van der Waals surface area contributed by atoms with Gasteiger partial charge in [0.1, 0.15) is 23.0 Å². The summed E-state index contributed by atoms with van der Waals surface area (Å²) in [7, 11) is -4.92. The highest BCUT2D eigenvalue weighted by Gasteiger charge is 2.58. The van der Waals surface area contributed by atoms with Crippen LogP contribution in [0, 0.1) is 0 Å². The number of para-hydroxylation sites is 4. The molecule has 4 rings (SSSR count). The zero-order chi connectivity index (χ0) is 25.7. The van der Waals surface area contributed by atoms with E-state index >= 15 is 0 Å². The topological polar surface area (TPSA) is 46.2 Å². The van der Waals surface area contributed by atoms with Crippen molar-refractivity contribution in [1.29, 1.82) is 0 Å². The molecule has 0 amide bonds. The van der Waals surface area contributed by atoms with Crippen LogP contribution >= 0.6 is 0 Å². The van der Waals surface area contributed by atoms with Gasteiger partial charge in [0.2, 0.25) is 0 Å². The van der Waals surface area contributed by atoms with Gasteiger partial charge in [-0.05, 0) is 75.1 Å². The van der Waals surface area contributed by atoms with Crippen LogP contribution in [-0.2, 0) is 4.43 Å². The van der Waals surface area contributed by atoms with Crippen molar-refractivity contribution in [2.45, 2.75) is 26.6 Å². The van der Waals surface area contributed by atoms with E-state index in [4.69, 9.17) is 22.1 Å². The largest absolute Gasteiger partial charge is 0.966 e. The third kappa shape index (κ3) is 9.61. The maximum atomic E-state index is 6.29. The Hall–Kier alpha value is -3.53. The van der Waals surface area contributed by atoms with Crippen LogP contribution in [0.2, 0.25) is 19.6 Å². The molecule has 0 aromatic heterocycles. The molecule has 0 radical (unpaired) electrons. The zero-order valence-corrected chi connectivity index (χ0v) is 23.3. The van der Waals surface area contributed by atoms with Crippen LogP contribution < -0.4 is 17.7 Å². The molecule has 4 aromatic carbocycles. The number of rotatable bonds is 10. The molecule has 4 aromatic rings.